The highest BCUT2D eigenvalue weighted by atomic mass is 16.2. The molecule has 0 bridgehead atoms. The molecule has 138 valence electrons. The highest BCUT2D eigenvalue weighted by Crippen LogP contribution is 2.30. The normalized spacial score (nSPS) is 16.3. The molecular weight excluding hydrogens is 340 g/mol. The number of amides is 3. The SMILES string of the molecule is Cc1cc(N2C(=O)c3ccccc3C2=O)ccc1C(=O)N(C)CC1CCC1. The van der Waals surface area contributed by atoms with Crippen LogP contribution in [0, 0.1) is 12.8 Å². The van der Waals surface area contributed by atoms with Crippen LogP contribution in [0.3, 0.4) is 0 Å². The summed E-state index contributed by atoms with van der Waals surface area (Å²) in [5.74, 6) is -0.0578. The molecule has 27 heavy (non-hydrogen) atoms. The predicted octanol–water partition coefficient (Wildman–Crippen LogP) is 3.67. The molecule has 2 aromatic rings. The number of fused-ring (bicyclic) bond motifs is 1. The summed E-state index contributed by atoms with van der Waals surface area (Å²) < 4.78 is 0. The van der Waals surface area contributed by atoms with E-state index in [-0.39, 0.29) is 17.7 Å². The van der Waals surface area contributed by atoms with Crippen LogP contribution in [0.15, 0.2) is 42.5 Å². The van der Waals surface area contributed by atoms with Crippen LogP contribution in [0.5, 0.6) is 0 Å². The molecule has 1 fully saturated rings. The van der Waals surface area contributed by atoms with Crippen LogP contribution in [-0.2, 0) is 0 Å². The largest absolute Gasteiger partial charge is 0.341 e. The number of benzene rings is 2. The van der Waals surface area contributed by atoms with Crippen molar-refractivity contribution in [2.45, 2.75) is 26.2 Å². The summed E-state index contributed by atoms with van der Waals surface area (Å²) in [5, 5.41) is 0. The highest BCUT2D eigenvalue weighted by molar-refractivity contribution is 6.34. The van der Waals surface area contributed by atoms with Crippen molar-refractivity contribution >= 4 is 23.4 Å². The Hall–Kier alpha value is -2.95. The Morgan fingerprint density at radius 1 is 1.07 bits per heavy atom. The molecule has 3 amide bonds. The van der Waals surface area contributed by atoms with Gasteiger partial charge in [0.05, 0.1) is 16.8 Å². The quantitative estimate of drug-likeness (QED) is 0.780. The fourth-order valence-corrected chi connectivity index (χ4v) is 3.80. The second-order valence-electron chi connectivity index (χ2n) is 7.47. The summed E-state index contributed by atoms with van der Waals surface area (Å²) in [7, 11) is 1.83. The van der Waals surface area contributed by atoms with Crippen molar-refractivity contribution in [1.29, 1.82) is 0 Å². The molecule has 2 aliphatic rings. The average Bonchev–Trinajstić information content (AvgIpc) is 2.88. The molecule has 1 saturated carbocycles. The van der Waals surface area contributed by atoms with Gasteiger partial charge in [-0.3, -0.25) is 14.4 Å². The van der Waals surface area contributed by atoms with E-state index in [0.717, 1.165) is 12.1 Å². The molecule has 0 N–H and O–H groups in total. The topological polar surface area (TPSA) is 57.7 Å². The molecule has 5 heteroatoms. The Balaban J connectivity index is 1.58. The fourth-order valence-electron chi connectivity index (χ4n) is 3.80. The van der Waals surface area contributed by atoms with Crippen LogP contribution in [0.1, 0.15) is 55.9 Å². The fraction of sp³-hybridized carbons (Fsp3) is 0.318. The number of carbonyl (C=O) groups is 3. The van der Waals surface area contributed by atoms with Gasteiger partial charge in [-0.2, -0.15) is 0 Å². The lowest BCUT2D eigenvalue weighted by atomic mass is 9.85. The molecule has 0 aromatic heterocycles. The van der Waals surface area contributed by atoms with Gasteiger partial charge in [0.25, 0.3) is 17.7 Å². The number of rotatable bonds is 4. The molecule has 1 heterocycles. The van der Waals surface area contributed by atoms with Crippen molar-refractivity contribution in [3.63, 3.8) is 0 Å². The minimum Gasteiger partial charge on any atom is -0.341 e. The van der Waals surface area contributed by atoms with Crippen molar-refractivity contribution in [3.05, 3.63) is 64.7 Å². The van der Waals surface area contributed by atoms with Crippen LogP contribution in [0.25, 0.3) is 0 Å². The first-order chi connectivity index (χ1) is 13.0. The zero-order valence-electron chi connectivity index (χ0n) is 15.6. The zero-order chi connectivity index (χ0) is 19.1. The minimum atomic E-state index is -0.323. The number of aryl methyl sites for hydroxylation is 1. The predicted molar refractivity (Wildman–Crippen MR) is 103 cm³/mol. The van der Waals surface area contributed by atoms with Gasteiger partial charge in [0.1, 0.15) is 0 Å². The van der Waals surface area contributed by atoms with Gasteiger partial charge in [-0.15, -0.1) is 0 Å². The van der Waals surface area contributed by atoms with Gasteiger partial charge in [0.2, 0.25) is 0 Å². The van der Waals surface area contributed by atoms with E-state index in [4.69, 9.17) is 0 Å². The molecule has 0 saturated heterocycles. The van der Waals surface area contributed by atoms with Crippen molar-refractivity contribution in [3.8, 4) is 0 Å². The van der Waals surface area contributed by atoms with E-state index in [0.29, 0.717) is 28.3 Å². The Kier molecular flexibility index (Phi) is 4.30. The van der Waals surface area contributed by atoms with E-state index in [2.05, 4.69) is 0 Å². The van der Waals surface area contributed by atoms with Crippen molar-refractivity contribution in [1.82, 2.24) is 4.90 Å². The standard InChI is InChI=1S/C22H22N2O3/c1-14-12-16(24-21(26)18-8-3-4-9-19(18)22(24)27)10-11-17(14)20(25)23(2)13-15-6-5-7-15/h3-4,8-12,15H,5-7,13H2,1-2H3. The molecular formula is C22H22N2O3. The van der Waals surface area contributed by atoms with Gasteiger partial charge >= 0.3 is 0 Å². The van der Waals surface area contributed by atoms with Crippen molar-refractivity contribution in [2.75, 3.05) is 18.5 Å². The molecule has 1 aliphatic carbocycles. The first-order valence-electron chi connectivity index (χ1n) is 9.31. The second kappa shape index (κ2) is 6.65. The summed E-state index contributed by atoms with van der Waals surface area (Å²) in [6.07, 6.45) is 3.63. The van der Waals surface area contributed by atoms with E-state index in [1.54, 1.807) is 47.4 Å². The van der Waals surface area contributed by atoms with E-state index in [1.807, 2.05) is 14.0 Å². The smallest absolute Gasteiger partial charge is 0.266 e. The third-order valence-electron chi connectivity index (χ3n) is 5.60. The summed E-state index contributed by atoms with van der Waals surface area (Å²) in [5.41, 5.74) is 2.70. The van der Waals surface area contributed by atoms with Crippen LogP contribution < -0.4 is 4.90 Å². The van der Waals surface area contributed by atoms with Gasteiger partial charge in [-0.1, -0.05) is 18.6 Å². The van der Waals surface area contributed by atoms with Gasteiger partial charge in [-0.25, -0.2) is 4.90 Å². The lowest BCUT2D eigenvalue weighted by Crippen LogP contribution is -2.34. The highest BCUT2D eigenvalue weighted by Gasteiger charge is 2.36. The Morgan fingerprint density at radius 2 is 1.70 bits per heavy atom. The van der Waals surface area contributed by atoms with E-state index in [9.17, 15) is 14.4 Å². The van der Waals surface area contributed by atoms with Crippen LogP contribution >= 0.6 is 0 Å². The van der Waals surface area contributed by atoms with Gasteiger partial charge in [0, 0.05) is 19.2 Å². The maximum Gasteiger partial charge on any atom is 0.266 e. The maximum absolute atomic E-state index is 12.8. The molecule has 5 nitrogen and oxygen atoms in total. The summed E-state index contributed by atoms with van der Waals surface area (Å²) in [4.78, 5) is 41.0. The Morgan fingerprint density at radius 3 is 2.22 bits per heavy atom. The van der Waals surface area contributed by atoms with Crippen molar-refractivity contribution < 1.29 is 14.4 Å². The summed E-state index contributed by atoms with van der Waals surface area (Å²) >= 11 is 0. The van der Waals surface area contributed by atoms with E-state index >= 15 is 0 Å². The van der Waals surface area contributed by atoms with Crippen LogP contribution in [-0.4, -0.2) is 36.2 Å². The summed E-state index contributed by atoms with van der Waals surface area (Å²) in [6, 6.07) is 12.0. The molecule has 0 radical (unpaired) electrons. The van der Waals surface area contributed by atoms with Gasteiger partial charge in [0.15, 0.2) is 0 Å². The number of anilines is 1. The lowest BCUT2D eigenvalue weighted by molar-refractivity contribution is 0.0744. The monoisotopic (exact) mass is 362 g/mol. The van der Waals surface area contributed by atoms with Gasteiger partial charge < -0.3 is 4.90 Å². The number of nitrogens with zero attached hydrogens (tertiary/aromatic N) is 2. The maximum atomic E-state index is 12.8. The molecule has 1 aliphatic heterocycles. The molecule has 0 atom stereocenters. The molecule has 0 unspecified atom stereocenters. The molecule has 0 spiro atoms. The Labute approximate surface area is 158 Å². The van der Waals surface area contributed by atoms with E-state index < -0.39 is 0 Å². The number of hydrogen-bond acceptors (Lipinski definition) is 3. The van der Waals surface area contributed by atoms with Crippen molar-refractivity contribution in [2.24, 2.45) is 5.92 Å². The molecule has 4 rings (SSSR count). The minimum absolute atomic E-state index is 0.0201. The first-order valence-corrected chi connectivity index (χ1v) is 9.31. The van der Waals surface area contributed by atoms with Crippen LogP contribution in [0.2, 0.25) is 0 Å². The lowest BCUT2D eigenvalue weighted by Gasteiger charge is -2.30. The summed E-state index contributed by atoms with van der Waals surface area (Å²) in [6.45, 7) is 2.62. The number of imide groups is 1. The average molecular weight is 362 g/mol. The number of hydrogen-bond donors (Lipinski definition) is 0. The van der Waals surface area contributed by atoms with Gasteiger partial charge in [-0.05, 0) is 61.6 Å². The number of carbonyl (C=O) groups excluding carboxylic acids is 3. The Bertz CT molecular complexity index is 911. The van der Waals surface area contributed by atoms with Crippen LogP contribution in [0.4, 0.5) is 5.69 Å². The third kappa shape index (κ3) is 2.93. The zero-order valence-corrected chi connectivity index (χ0v) is 15.6. The molecule has 2 aromatic carbocycles. The third-order valence-corrected chi connectivity index (χ3v) is 5.60. The first kappa shape index (κ1) is 17.5. The second-order valence-corrected chi connectivity index (χ2v) is 7.47. The van der Waals surface area contributed by atoms with E-state index in [1.165, 1.54) is 24.2 Å².